The molecule has 2 aliphatic heterocycles. The monoisotopic (exact) mass is 358 g/mol. The van der Waals surface area contributed by atoms with Crippen molar-refractivity contribution in [1.82, 2.24) is 24.3 Å². The molecule has 1 aromatic rings. The Labute approximate surface area is 140 Å². The molecule has 11 heteroatoms. The van der Waals surface area contributed by atoms with E-state index in [2.05, 4.69) is 15.3 Å². The number of aryl methyl sites for hydroxylation is 1. The van der Waals surface area contributed by atoms with Crippen LogP contribution in [0.15, 0.2) is 11.1 Å². The van der Waals surface area contributed by atoms with Crippen molar-refractivity contribution in [3.63, 3.8) is 0 Å². The summed E-state index contributed by atoms with van der Waals surface area (Å²) in [6, 6.07) is 0.169. The molecular formula is C13H22N6O4S. The van der Waals surface area contributed by atoms with Gasteiger partial charge in [0.15, 0.2) is 0 Å². The van der Waals surface area contributed by atoms with Gasteiger partial charge in [-0.2, -0.15) is 8.99 Å². The zero-order valence-corrected chi connectivity index (χ0v) is 14.4. The van der Waals surface area contributed by atoms with E-state index in [9.17, 15) is 18.5 Å². The van der Waals surface area contributed by atoms with E-state index >= 15 is 0 Å². The molecule has 2 saturated heterocycles. The third-order valence-corrected chi connectivity index (χ3v) is 6.47. The third-order valence-electron chi connectivity index (χ3n) is 4.62. The van der Waals surface area contributed by atoms with Crippen LogP contribution < -0.4 is 5.32 Å². The lowest BCUT2D eigenvalue weighted by Crippen LogP contribution is -2.49. The molecule has 1 unspecified atom stereocenters. The topological polar surface area (TPSA) is 114 Å². The van der Waals surface area contributed by atoms with Gasteiger partial charge >= 0.3 is 5.82 Å². The minimum Gasteiger partial charge on any atom is -0.358 e. The number of sulfonamides is 1. The van der Waals surface area contributed by atoms with E-state index in [0.29, 0.717) is 19.6 Å². The van der Waals surface area contributed by atoms with E-state index in [1.807, 2.05) is 0 Å². The van der Waals surface area contributed by atoms with Crippen molar-refractivity contribution in [3.05, 3.63) is 16.3 Å². The number of hydrogen-bond acceptors (Lipinski definition) is 7. The number of hydrogen-bond donors (Lipinski definition) is 1. The van der Waals surface area contributed by atoms with Gasteiger partial charge < -0.3 is 15.4 Å². The molecule has 0 aromatic carbocycles. The van der Waals surface area contributed by atoms with Crippen molar-refractivity contribution < 1.29 is 13.3 Å². The Hall–Kier alpha value is -1.56. The van der Waals surface area contributed by atoms with Crippen LogP contribution in [0.1, 0.15) is 13.3 Å². The lowest BCUT2D eigenvalue weighted by Gasteiger charge is -2.32. The van der Waals surface area contributed by atoms with E-state index in [0.717, 1.165) is 32.6 Å². The average Bonchev–Trinajstić information content (AvgIpc) is 3.23. The zero-order valence-electron chi connectivity index (χ0n) is 13.6. The largest absolute Gasteiger partial charge is 0.410 e. The highest BCUT2D eigenvalue weighted by atomic mass is 32.2. The van der Waals surface area contributed by atoms with Crippen LogP contribution in [-0.2, 0) is 16.6 Å². The summed E-state index contributed by atoms with van der Waals surface area (Å²) in [5.74, 6) is -0.595. The van der Waals surface area contributed by atoms with Crippen LogP contribution in [-0.4, -0.2) is 77.6 Å². The Balaban J connectivity index is 1.81. The minimum absolute atomic E-state index is 0.169. The second-order valence-corrected chi connectivity index (χ2v) is 7.93. The van der Waals surface area contributed by atoms with Crippen molar-refractivity contribution in [3.8, 4) is 0 Å². The molecule has 3 heterocycles. The maximum absolute atomic E-state index is 12.9. The number of piperazine rings is 1. The summed E-state index contributed by atoms with van der Waals surface area (Å²) in [5, 5.41) is 18.2. The highest BCUT2D eigenvalue weighted by Gasteiger charge is 2.40. The zero-order chi connectivity index (χ0) is 17.3. The second kappa shape index (κ2) is 6.75. The van der Waals surface area contributed by atoms with Crippen molar-refractivity contribution in [2.75, 3.05) is 39.3 Å². The highest BCUT2D eigenvalue weighted by molar-refractivity contribution is 7.89. The lowest BCUT2D eigenvalue weighted by molar-refractivity contribution is -0.392. The average molecular weight is 358 g/mol. The van der Waals surface area contributed by atoms with Crippen LogP contribution in [0.25, 0.3) is 0 Å². The first-order valence-corrected chi connectivity index (χ1v) is 9.54. The van der Waals surface area contributed by atoms with Gasteiger partial charge in [-0.25, -0.2) is 8.42 Å². The molecule has 2 fully saturated rings. The predicted molar refractivity (Wildman–Crippen MR) is 86.2 cm³/mol. The van der Waals surface area contributed by atoms with Crippen LogP contribution in [0.5, 0.6) is 0 Å². The van der Waals surface area contributed by atoms with Gasteiger partial charge in [0.05, 0.1) is 17.8 Å². The van der Waals surface area contributed by atoms with Gasteiger partial charge in [0.1, 0.15) is 0 Å². The van der Waals surface area contributed by atoms with E-state index < -0.39 is 20.8 Å². The standard InChI is InChI=1S/C13H22N6O4S/c1-2-17-10-12(13(15-17)19(20)21)24(22,23)18-6-3-11(9-18)16-7-4-14-5-8-16/h10-11,14H,2-9H2,1H3. The summed E-state index contributed by atoms with van der Waals surface area (Å²) in [6.45, 7) is 6.47. The summed E-state index contributed by atoms with van der Waals surface area (Å²) in [5.41, 5.74) is 0. The highest BCUT2D eigenvalue weighted by Crippen LogP contribution is 2.29. The van der Waals surface area contributed by atoms with E-state index in [1.54, 1.807) is 6.92 Å². The molecule has 0 bridgehead atoms. The summed E-state index contributed by atoms with van der Waals surface area (Å²) in [7, 11) is -3.91. The SMILES string of the molecule is CCn1cc(S(=O)(=O)N2CCC(N3CCNCC3)C2)c([N+](=O)[O-])n1. The second-order valence-electron chi connectivity index (χ2n) is 6.02. The molecule has 0 amide bonds. The normalized spacial score (nSPS) is 23.6. The fraction of sp³-hybridized carbons (Fsp3) is 0.769. The molecule has 24 heavy (non-hydrogen) atoms. The van der Waals surface area contributed by atoms with Gasteiger partial charge in [0.25, 0.3) is 10.0 Å². The lowest BCUT2D eigenvalue weighted by atomic mass is 10.2. The summed E-state index contributed by atoms with van der Waals surface area (Å²) < 4.78 is 28.3. The number of nitrogens with zero attached hydrogens (tertiary/aromatic N) is 5. The quantitative estimate of drug-likeness (QED) is 0.556. The fourth-order valence-electron chi connectivity index (χ4n) is 3.28. The van der Waals surface area contributed by atoms with E-state index in [1.165, 1.54) is 15.2 Å². The Morgan fingerprint density at radius 3 is 2.71 bits per heavy atom. The summed E-state index contributed by atoms with van der Waals surface area (Å²) in [6.07, 6.45) is 2.00. The summed E-state index contributed by atoms with van der Waals surface area (Å²) >= 11 is 0. The van der Waals surface area contributed by atoms with E-state index in [-0.39, 0.29) is 10.9 Å². The van der Waals surface area contributed by atoms with E-state index in [4.69, 9.17) is 0 Å². The van der Waals surface area contributed by atoms with Gasteiger partial charge in [-0.15, -0.1) is 0 Å². The molecule has 10 nitrogen and oxygen atoms in total. The Bertz CT molecular complexity index is 712. The van der Waals surface area contributed by atoms with Crippen molar-refractivity contribution in [2.24, 2.45) is 0 Å². The molecular weight excluding hydrogens is 336 g/mol. The molecule has 1 aromatic heterocycles. The Kier molecular flexibility index (Phi) is 4.85. The Morgan fingerprint density at radius 1 is 1.38 bits per heavy atom. The van der Waals surface area contributed by atoms with Gasteiger partial charge in [0.2, 0.25) is 4.90 Å². The molecule has 1 N–H and O–H groups in total. The first kappa shape index (κ1) is 17.3. The molecule has 2 aliphatic rings. The van der Waals surface area contributed by atoms with Crippen LogP contribution in [0.3, 0.4) is 0 Å². The molecule has 0 radical (unpaired) electrons. The third kappa shape index (κ3) is 3.16. The first-order valence-electron chi connectivity index (χ1n) is 8.10. The maximum Gasteiger partial charge on any atom is 0.410 e. The van der Waals surface area contributed by atoms with Crippen molar-refractivity contribution in [2.45, 2.75) is 30.8 Å². The number of aromatic nitrogens is 2. The molecule has 0 saturated carbocycles. The molecule has 0 aliphatic carbocycles. The van der Waals surface area contributed by atoms with Gasteiger partial charge in [-0.05, 0) is 18.3 Å². The smallest absolute Gasteiger partial charge is 0.358 e. The fourth-order valence-corrected chi connectivity index (χ4v) is 4.87. The number of rotatable bonds is 5. The maximum atomic E-state index is 12.9. The minimum atomic E-state index is -3.91. The van der Waals surface area contributed by atoms with Crippen LogP contribution >= 0.6 is 0 Å². The van der Waals surface area contributed by atoms with Crippen molar-refractivity contribution in [1.29, 1.82) is 0 Å². The predicted octanol–water partition coefficient (Wildman–Crippen LogP) is -0.521. The number of nitro groups is 1. The van der Waals surface area contributed by atoms with Gasteiger partial charge in [-0.3, -0.25) is 4.90 Å². The Morgan fingerprint density at radius 2 is 2.08 bits per heavy atom. The molecule has 3 rings (SSSR count). The number of nitrogens with one attached hydrogen (secondary N) is 1. The molecule has 1 atom stereocenters. The molecule has 0 spiro atoms. The van der Waals surface area contributed by atoms with Crippen LogP contribution in [0.2, 0.25) is 0 Å². The van der Waals surface area contributed by atoms with Gasteiger partial charge in [-0.1, -0.05) is 0 Å². The van der Waals surface area contributed by atoms with Crippen LogP contribution in [0, 0.1) is 10.1 Å². The van der Waals surface area contributed by atoms with Gasteiger partial charge in [0, 0.05) is 45.3 Å². The molecule has 134 valence electrons. The van der Waals surface area contributed by atoms with Crippen LogP contribution in [0.4, 0.5) is 5.82 Å². The van der Waals surface area contributed by atoms with Crippen molar-refractivity contribution >= 4 is 15.8 Å². The summed E-state index contributed by atoms with van der Waals surface area (Å²) in [4.78, 5) is 12.4. The first-order chi connectivity index (χ1) is 11.4.